The van der Waals surface area contributed by atoms with Crippen molar-refractivity contribution in [3.05, 3.63) is 42.5 Å². The van der Waals surface area contributed by atoms with E-state index in [1.54, 1.807) is 24.3 Å². The second-order valence-corrected chi connectivity index (χ2v) is 8.25. The van der Waals surface area contributed by atoms with Gasteiger partial charge in [0.05, 0.1) is 21.3 Å². The summed E-state index contributed by atoms with van der Waals surface area (Å²) in [5.74, 6) is -7.07. The monoisotopic (exact) mass is 446 g/mol. The van der Waals surface area contributed by atoms with Crippen LogP contribution in [-0.4, -0.2) is 51.0 Å². The van der Waals surface area contributed by atoms with Gasteiger partial charge in [-0.05, 0) is 24.1 Å². The van der Waals surface area contributed by atoms with Gasteiger partial charge in [0.15, 0.2) is 10.8 Å². The first-order chi connectivity index (χ1) is 15.0. The fourth-order valence-electron chi connectivity index (χ4n) is 4.95. The second kappa shape index (κ2) is 7.96. The maximum absolute atomic E-state index is 13.5. The molecular formula is C23H26O9. The first-order valence-electron chi connectivity index (χ1n) is 9.95. The lowest BCUT2D eigenvalue weighted by molar-refractivity contribution is -0.254. The van der Waals surface area contributed by atoms with Gasteiger partial charge < -0.3 is 23.7 Å². The first-order valence-corrected chi connectivity index (χ1v) is 9.95. The normalized spacial score (nSPS) is 24.8. The molecule has 1 saturated carbocycles. The van der Waals surface area contributed by atoms with Crippen molar-refractivity contribution in [1.82, 2.24) is 0 Å². The van der Waals surface area contributed by atoms with E-state index in [-0.39, 0.29) is 6.42 Å². The lowest BCUT2D eigenvalue weighted by atomic mass is 9.63. The maximum atomic E-state index is 13.5. The van der Waals surface area contributed by atoms with Crippen molar-refractivity contribution in [2.75, 3.05) is 21.3 Å². The van der Waals surface area contributed by atoms with Gasteiger partial charge in [-0.2, -0.15) is 0 Å². The first kappa shape index (κ1) is 23.3. The highest BCUT2D eigenvalue weighted by Gasteiger charge is 2.78. The van der Waals surface area contributed by atoms with E-state index < -0.39 is 52.3 Å². The van der Waals surface area contributed by atoms with Crippen LogP contribution in [0.3, 0.4) is 0 Å². The molecule has 1 heterocycles. The van der Waals surface area contributed by atoms with Crippen molar-refractivity contribution >= 4 is 23.9 Å². The molecule has 2 atom stereocenters. The van der Waals surface area contributed by atoms with Crippen LogP contribution in [0.15, 0.2) is 36.9 Å². The Balaban J connectivity index is 2.39. The summed E-state index contributed by atoms with van der Waals surface area (Å²) >= 11 is 0. The summed E-state index contributed by atoms with van der Waals surface area (Å²) in [6.07, 6.45) is 1.09. The molecule has 1 saturated heterocycles. The lowest BCUT2D eigenvalue weighted by Crippen LogP contribution is -2.59. The van der Waals surface area contributed by atoms with E-state index in [0.29, 0.717) is 11.3 Å². The predicted octanol–water partition coefficient (Wildman–Crippen LogP) is 2.14. The molecule has 0 aromatic heterocycles. The quantitative estimate of drug-likeness (QED) is 0.290. The molecule has 2 unspecified atom stereocenters. The highest BCUT2D eigenvalue weighted by atomic mass is 16.7. The van der Waals surface area contributed by atoms with Crippen molar-refractivity contribution < 1.29 is 42.9 Å². The van der Waals surface area contributed by atoms with E-state index in [4.69, 9.17) is 23.7 Å². The molecule has 2 fully saturated rings. The van der Waals surface area contributed by atoms with Crippen molar-refractivity contribution in [2.45, 2.75) is 32.0 Å². The highest BCUT2D eigenvalue weighted by Crippen LogP contribution is 2.66. The van der Waals surface area contributed by atoms with Crippen molar-refractivity contribution in [3.8, 4) is 5.75 Å². The summed E-state index contributed by atoms with van der Waals surface area (Å²) in [5.41, 5.74) is -3.76. The van der Waals surface area contributed by atoms with Crippen LogP contribution in [0.25, 0.3) is 0 Å². The van der Waals surface area contributed by atoms with Gasteiger partial charge in [-0.3, -0.25) is 19.2 Å². The van der Waals surface area contributed by atoms with Crippen molar-refractivity contribution in [3.63, 3.8) is 0 Å². The molecule has 1 aliphatic heterocycles. The number of benzene rings is 1. The van der Waals surface area contributed by atoms with Crippen molar-refractivity contribution in [2.24, 2.45) is 16.7 Å². The molecule has 0 radical (unpaired) electrons. The average Bonchev–Trinajstić information content (AvgIpc) is 3.09. The average molecular weight is 446 g/mol. The SMILES string of the molecule is C=CC1CC(C(=O)OC)(C(=O)OC)C(c2ccc(OC)cc2)C12C(=O)OC(C)(C)OC2=O. The van der Waals surface area contributed by atoms with Crippen LogP contribution in [0.5, 0.6) is 5.75 Å². The van der Waals surface area contributed by atoms with Gasteiger partial charge >= 0.3 is 23.9 Å². The third-order valence-electron chi connectivity index (χ3n) is 6.26. The Labute approximate surface area is 185 Å². The number of carbonyl (C=O) groups excluding carboxylic acids is 4. The Morgan fingerprint density at radius 3 is 1.91 bits per heavy atom. The van der Waals surface area contributed by atoms with Gasteiger partial charge in [0, 0.05) is 25.7 Å². The Bertz CT molecular complexity index is 924. The zero-order chi connectivity index (χ0) is 23.9. The number of hydrogen-bond acceptors (Lipinski definition) is 9. The van der Waals surface area contributed by atoms with Crippen LogP contribution in [0.1, 0.15) is 31.7 Å². The van der Waals surface area contributed by atoms with Crippen LogP contribution in [0, 0.1) is 16.7 Å². The molecule has 3 rings (SSSR count). The molecule has 9 nitrogen and oxygen atoms in total. The summed E-state index contributed by atoms with van der Waals surface area (Å²) in [5, 5.41) is 0. The summed E-state index contributed by atoms with van der Waals surface area (Å²) < 4.78 is 26.1. The van der Waals surface area contributed by atoms with Crippen LogP contribution in [0.2, 0.25) is 0 Å². The minimum absolute atomic E-state index is 0.267. The molecule has 9 heteroatoms. The number of esters is 4. The smallest absolute Gasteiger partial charge is 0.328 e. The number of rotatable bonds is 5. The van der Waals surface area contributed by atoms with E-state index in [2.05, 4.69) is 6.58 Å². The zero-order valence-corrected chi connectivity index (χ0v) is 18.6. The number of cyclic esters (lactones) is 2. The highest BCUT2D eigenvalue weighted by molar-refractivity contribution is 6.10. The number of ether oxygens (including phenoxy) is 5. The summed E-state index contributed by atoms with van der Waals surface area (Å²) in [6, 6.07) is 6.31. The molecule has 0 bridgehead atoms. The topological polar surface area (TPSA) is 114 Å². The van der Waals surface area contributed by atoms with Crippen molar-refractivity contribution in [1.29, 1.82) is 0 Å². The molecule has 1 aliphatic carbocycles. The van der Waals surface area contributed by atoms with E-state index in [0.717, 1.165) is 14.2 Å². The molecule has 172 valence electrons. The molecule has 0 N–H and O–H groups in total. The largest absolute Gasteiger partial charge is 0.497 e. The van der Waals surface area contributed by atoms with E-state index >= 15 is 0 Å². The van der Waals surface area contributed by atoms with Gasteiger partial charge in [0.1, 0.15) is 5.75 Å². The Kier molecular flexibility index (Phi) is 5.80. The zero-order valence-electron chi connectivity index (χ0n) is 18.6. The van der Waals surface area contributed by atoms with Crippen LogP contribution >= 0.6 is 0 Å². The fraction of sp³-hybridized carbons (Fsp3) is 0.478. The summed E-state index contributed by atoms with van der Waals surface area (Å²) in [6.45, 7) is 6.59. The summed E-state index contributed by atoms with van der Waals surface area (Å²) in [4.78, 5) is 53.4. The lowest BCUT2D eigenvalue weighted by Gasteiger charge is -2.44. The van der Waals surface area contributed by atoms with Gasteiger partial charge in [0.2, 0.25) is 0 Å². The van der Waals surface area contributed by atoms with Crippen LogP contribution in [-0.2, 0) is 38.1 Å². The van der Waals surface area contributed by atoms with E-state index in [1.165, 1.54) is 27.0 Å². The molecule has 32 heavy (non-hydrogen) atoms. The minimum Gasteiger partial charge on any atom is -0.497 e. The molecule has 1 aromatic carbocycles. The minimum atomic E-state index is -2.06. The van der Waals surface area contributed by atoms with Crippen LogP contribution in [0.4, 0.5) is 0 Å². The molecule has 2 aliphatic rings. The maximum Gasteiger partial charge on any atom is 0.328 e. The summed E-state index contributed by atoms with van der Waals surface area (Å²) in [7, 11) is 3.71. The Morgan fingerprint density at radius 2 is 1.50 bits per heavy atom. The standard InChI is InChI=1S/C23H26O9/c1-7-14-12-22(17(24)29-5,18(25)30-6)16(13-8-10-15(28-4)11-9-13)23(14)19(26)31-21(2,3)32-20(23)27/h7-11,14,16H,1,12H2,2-6H3. The molecular weight excluding hydrogens is 420 g/mol. The molecule has 1 aromatic rings. The molecule has 1 spiro atoms. The van der Waals surface area contributed by atoms with Crippen LogP contribution < -0.4 is 4.74 Å². The number of methoxy groups -OCH3 is 3. The third kappa shape index (κ3) is 3.06. The van der Waals surface area contributed by atoms with Gasteiger partial charge in [-0.1, -0.05) is 18.2 Å². The number of hydrogen-bond donors (Lipinski definition) is 0. The second-order valence-electron chi connectivity index (χ2n) is 8.25. The van der Waals surface area contributed by atoms with Gasteiger partial charge in [-0.25, -0.2) is 0 Å². The van der Waals surface area contributed by atoms with Gasteiger partial charge in [0.25, 0.3) is 5.79 Å². The van der Waals surface area contributed by atoms with Gasteiger partial charge in [-0.15, -0.1) is 6.58 Å². The Hall–Kier alpha value is -3.36. The predicted molar refractivity (Wildman–Crippen MR) is 109 cm³/mol. The van der Waals surface area contributed by atoms with E-state index in [1.807, 2.05) is 0 Å². The fourth-order valence-corrected chi connectivity index (χ4v) is 4.95. The third-order valence-corrected chi connectivity index (χ3v) is 6.26. The number of carbonyl (C=O) groups is 4. The Morgan fingerprint density at radius 1 is 1.00 bits per heavy atom. The molecule has 0 amide bonds. The number of allylic oxidation sites excluding steroid dienone is 1. The van der Waals surface area contributed by atoms with E-state index in [9.17, 15) is 19.2 Å².